The van der Waals surface area contributed by atoms with E-state index in [1.165, 1.54) is 5.56 Å². The lowest BCUT2D eigenvalue weighted by Gasteiger charge is -2.22. The van der Waals surface area contributed by atoms with E-state index >= 15 is 0 Å². The molecule has 1 amide bonds. The fourth-order valence-electron chi connectivity index (χ4n) is 2.93. The molecule has 1 fully saturated rings. The van der Waals surface area contributed by atoms with Crippen LogP contribution in [0, 0.1) is 11.8 Å². The molecule has 1 heterocycles. The number of hydrogen-bond acceptors (Lipinski definition) is 3. The number of nitrogens with zero attached hydrogens (tertiary/aromatic N) is 1. The van der Waals surface area contributed by atoms with Crippen LogP contribution in [0.3, 0.4) is 0 Å². The van der Waals surface area contributed by atoms with Crippen molar-refractivity contribution in [2.45, 2.75) is 39.3 Å². The van der Waals surface area contributed by atoms with Gasteiger partial charge in [0.2, 0.25) is 5.91 Å². The third-order valence-corrected chi connectivity index (χ3v) is 4.11. The van der Waals surface area contributed by atoms with Gasteiger partial charge in [0.05, 0.1) is 19.3 Å². The molecule has 1 saturated heterocycles. The third kappa shape index (κ3) is 6.50. The van der Waals surface area contributed by atoms with Gasteiger partial charge in [-0.25, -0.2) is 0 Å². The van der Waals surface area contributed by atoms with Gasteiger partial charge in [0, 0.05) is 19.0 Å². The Bertz CT molecular complexity index is 467. The molecule has 2 rings (SSSR count). The minimum Gasteiger partial charge on any atom is -0.376 e. The molecule has 1 unspecified atom stereocenters. The van der Waals surface area contributed by atoms with Crippen molar-refractivity contribution < 1.29 is 9.53 Å². The topological polar surface area (TPSA) is 55.6 Å². The number of likely N-dealkylation sites (tertiary alicyclic amines) is 1. The lowest BCUT2D eigenvalue weighted by atomic mass is 10.0. The van der Waals surface area contributed by atoms with Crippen molar-refractivity contribution in [3.63, 3.8) is 0 Å². The number of nitrogens with two attached hydrogens (primary N) is 1. The summed E-state index contributed by atoms with van der Waals surface area (Å²) in [5, 5.41) is 0. The number of hydrogen-bond donors (Lipinski definition) is 1. The summed E-state index contributed by atoms with van der Waals surface area (Å²) in [6, 6.07) is 9.81. The quantitative estimate of drug-likeness (QED) is 0.830. The first-order valence-electron chi connectivity index (χ1n) is 8.22. The van der Waals surface area contributed by atoms with E-state index in [0.717, 1.165) is 25.9 Å². The molecule has 0 bridgehead atoms. The minimum absolute atomic E-state index is 0. The largest absolute Gasteiger partial charge is 0.376 e. The molecule has 1 aromatic rings. The number of rotatable bonds is 7. The van der Waals surface area contributed by atoms with E-state index in [4.69, 9.17) is 10.5 Å². The van der Waals surface area contributed by atoms with Crippen LogP contribution >= 0.6 is 12.4 Å². The number of carbonyl (C=O) groups excluding carboxylic acids is 1. The van der Waals surface area contributed by atoms with E-state index in [9.17, 15) is 4.79 Å². The smallest absolute Gasteiger partial charge is 0.239 e. The lowest BCUT2D eigenvalue weighted by molar-refractivity contribution is -0.132. The molecule has 2 atom stereocenters. The second kappa shape index (κ2) is 9.91. The molecule has 4 nitrogen and oxygen atoms in total. The van der Waals surface area contributed by atoms with Crippen LogP contribution in [0.4, 0.5) is 0 Å². The predicted molar refractivity (Wildman–Crippen MR) is 95.5 cm³/mol. The molecule has 0 radical (unpaired) electrons. The summed E-state index contributed by atoms with van der Waals surface area (Å²) in [5.74, 6) is 0.977. The van der Waals surface area contributed by atoms with Crippen LogP contribution in [0.25, 0.3) is 0 Å². The zero-order valence-corrected chi connectivity index (χ0v) is 14.9. The second-order valence-electron chi connectivity index (χ2n) is 6.68. The van der Waals surface area contributed by atoms with Crippen LogP contribution in [0.15, 0.2) is 30.3 Å². The highest BCUT2D eigenvalue weighted by molar-refractivity contribution is 5.85. The van der Waals surface area contributed by atoms with Crippen molar-refractivity contribution >= 4 is 18.3 Å². The number of halogens is 1. The van der Waals surface area contributed by atoms with Crippen LogP contribution in [0.1, 0.15) is 32.3 Å². The SMILES string of the molecule is CC(C)C[C@H](N)C(=O)N1CCC(COCc2ccccc2)C1.Cl. The summed E-state index contributed by atoms with van der Waals surface area (Å²) in [4.78, 5) is 14.2. The van der Waals surface area contributed by atoms with Crippen molar-refractivity contribution in [1.29, 1.82) is 0 Å². The van der Waals surface area contributed by atoms with Crippen molar-refractivity contribution in [3.05, 3.63) is 35.9 Å². The van der Waals surface area contributed by atoms with E-state index in [1.807, 2.05) is 23.1 Å². The Hall–Kier alpha value is -1.10. The zero-order chi connectivity index (χ0) is 15.9. The molecule has 23 heavy (non-hydrogen) atoms. The predicted octanol–water partition coefficient (Wildman–Crippen LogP) is 2.85. The molecule has 0 aromatic heterocycles. The van der Waals surface area contributed by atoms with E-state index in [2.05, 4.69) is 26.0 Å². The summed E-state index contributed by atoms with van der Waals surface area (Å²) < 4.78 is 5.79. The van der Waals surface area contributed by atoms with Crippen LogP contribution in [-0.2, 0) is 16.1 Å². The molecule has 2 N–H and O–H groups in total. The number of ether oxygens (including phenoxy) is 1. The first kappa shape index (κ1) is 19.9. The van der Waals surface area contributed by atoms with Gasteiger partial charge in [-0.15, -0.1) is 12.4 Å². The first-order valence-corrected chi connectivity index (χ1v) is 8.22. The van der Waals surface area contributed by atoms with Crippen molar-refractivity contribution in [2.24, 2.45) is 17.6 Å². The molecule has 1 aromatic carbocycles. The maximum absolute atomic E-state index is 12.3. The van der Waals surface area contributed by atoms with Crippen LogP contribution in [-0.4, -0.2) is 36.5 Å². The molecule has 130 valence electrons. The fourth-order valence-corrected chi connectivity index (χ4v) is 2.93. The Balaban J connectivity index is 0.00000264. The van der Waals surface area contributed by atoms with Gasteiger partial charge in [-0.05, 0) is 24.3 Å². The van der Waals surface area contributed by atoms with Gasteiger partial charge in [-0.1, -0.05) is 44.2 Å². The van der Waals surface area contributed by atoms with Crippen LogP contribution < -0.4 is 5.73 Å². The average molecular weight is 341 g/mol. The van der Waals surface area contributed by atoms with Crippen molar-refractivity contribution in [3.8, 4) is 0 Å². The molecule has 5 heteroatoms. The Kier molecular flexibility index (Phi) is 8.59. The van der Waals surface area contributed by atoms with Crippen molar-refractivity contribution in [2.75, 3.05) is 19.7 Å². The summed E-state index contributed by atoms with van der Waals surface area (Å²) >= 11 is 0. The Morgan fingerprint density at radius 1 is 1.35 bits per heavy atom. The van der Waals surface area contributed by atoms with E-state index in [1.54, 1.807) is 0 Å². The minimum atomic E-state index is -0.357. The van der Waals surface area contributed by atoms with Gasteiger partial charge < -0.3 is 15.4 Å². The van der Waals surface area contributed by atoms with Crippen LogP contribution in [0.5, 0.6) is 0 Å². The highest BCUT2D eigenvalue weighted by atomic mass is 35.5. The van der Waals surface area contributed by atoms with Gasteiger partial charge in [-0.3, -0.25) is 4.79 Å². The third-order valence-electron chi connectivity index (χ3n) is 4.11. The fraction of sp³-hybridized carbons (Fsp3) is 0.611. The van der Waals surface area contributed by atoms with E-state index in [-0.39, 0.29) is 24.4 Å². The molecule has 0 saturated carbocycles. The van der Waals surface area contributed by atoms with Gasteiger partial charge in [0.15, 0.2) is 0 Å². The molecular weight excluding hydrogens is 312 g/mol. The molecule has 0 spiro atoms. The van der Waals surface area contributed by atoms with Crippen LogP contribution in [0.2, 0.25) is 0 Å². The molecule has 1 aliphatic rings. The normalized spacial score (nSPS) is 18.8. The maximum Gasteiger partial charge on any atom is 0.239 e. The van der Waals surface area contributed by atoms with E-state index in [0.29, 0.717) is 25.0 Å². The summed E-state index contributed by atoms with van der Waals surface area (Å²) in [6.07, 6.45) is 1.76. The number of amides is 1. The summed E-state index contributed by atoms with van der Waals surface area (Å²) in [5.41, 5.74) is 7.18. The van der Waals surface area contributed by atoms with Gasteiger partial charge in [0.25, 0.3) is 0 Å². The number of benzene rings is 1. The molecule has 0 aliphatic carbocycles. The van der Waals surface area contributed by atoms with Gasteiger partial charge >= 0.3 is 0 Å². The summed E-state index contributed by atoms with van der Waals surface area (Å²) in [7, 11) is 0. The standard InChI is InChI=1S/C18H28N2O2.ClH/c1-14(2)10-17(19)18(21)20-9-8-16(11-20)13-22-12-15-6-4-3-5-7-15;/h3-7,14,16-17H,8-13,19H2,1-2H3;1H/t16?,17-;/m0./s1. The highest BCUT2D eigenvalue weighted by Gasteiger charge is 2.29. The Morgan fingerprint density at radius 3 is 2.70 bits per heavy atom. The number of carbonyl (C=O) groups is 1. The zero-order valence-electron chi connectivity index (χ0n) is 14.1. The first-order chi connectivity index (χ1) is 10.6. The van der Waals surface area contributed by atoms with Gasteiger partial charge in [0.1, 0.15) is 0 Å². The van der Waals surface area contributed by atoms with Crippen molar-refractivity contribution in [1.82, 2.24) is 4.90 Å². The highest BCUT2D eigenvalue weighted by Crippen LogP contribution is 2.19. The molecular formula is C18H29ClN2O2. The van der Waals surface area contributed by atoms with Gasteiger partial charge in [-0.2, -0.15) is 0 Å². The van der Waals surface area contributed by atoms with E-state index < -0.39 is 0 Å². The molecule has 1 aliphatic heterocycles. The Labute approximate surface area is 145 Å². The second-order valence-corrected chi connectivity index (χ2v) is 6.68. The average Bonchev–Trinajstić information content (AvgIpc) is 2.95. The lowest BCUT2D eigenvalue weighted by Crippen LogP contribution is -2.43. The summed E-state index contributed by atoms with van der Waals surface area (Å²) in [6.45, 7) is 7.12. The maximum atomic E-state index is 12.3. The monoisotopic (exact) mass is 340 g/mol. The Morgan fingerprint density at radius 2 is 2.04 bits per heavy atom.